The Balaban J connectivity index is 2.22. The molecule has 1 aliphatic rings. The molecule has 1 heterocycles. The second-order valence-corrected chi connectivity index (χ2v) is 6.02. The standard InChI is InChI=1S/C11H14ClF2NS/c12-9-5-8(6-16-9)10(7-15)1-3-11(13,14)4-2-10/h5-6H,1-4,7,15H2. The van der Waals surface area contributed by atoms with Gasteiger partial charge in [-0.15, -0.1) is 11.3 Å². The molecule has 90 valence electrons. The molecule has 0 saturated heterocycles. The molecule has 2 rings (SSSR count). The molecule has 2 N–H and O–H groups in total. The topological polar surface area (TPSA) is 26.0 Å². The first kappa shape index (κ1) is 12.3. The van der Waals surface area contributed by atoms with E-state index >= 15 is 0 Å². The van der Waals surface area contributed by atoms with Crippen molar-refractivity contribution in [2.75, 3.05) is 6.54 Å². The first-order valence-corrected chi connectivity index (χ1v) is 6.56. The zero-order valence-corrected chi connectivity index (χ0v) is 10.4. The van der Waals surface area contributed by atoms with Gasteiger partial charge in [0.05, 0.1) is 4.34 Å². The predicted molar refractivity (Wildman–Crippen MR) is 63.5 cm³/mol. The summed E-state index contributed by atoms with van der Waals surface area (Å²) in [4.78, 5) is 0. The van der Waals surface area contributed by atoms with E-state index < -0.39 is 5.92 Å². The highest BCUT2D eigenvalue weighted by molar-refractivity contribution is 7.14. The number of halogens is 3. The van der Waals surface area contributed by atoms with Gasteiger partial charge < -0.3 is 5.73 Å². The third-order valence-electron chi connectivity index (χ3n) is 3.51. The summed E-state index contributed by atoms with van der Waals surface area (Å²) < 4.78 is 27.0. The van der Waals surface area contributed by atoms with Crippen LogP contribution in [0.3, 0.4) is 0 Å². The van der Waals surface area contributed by atoms with Crippen molar-refractivity contribution in [3.8, 4) is 0 Å². The summed E-state index contributed by atoms with van der Waals surface area (Å²) in [5.41, 5.74) is 6.53. The Hall–Kier alpha value is -0.190. The Bertz CT molecular complexity index is 368. The molecule has 1 saturated carbocycles. The van der Waals surface area contributed by atoms with E-state index in [1.807, 2.05) is 11.4 Å². The molecule has 0 amide bonds. The molecule has 1 aliphatic carbocycles. The number of alkyl halides is 2. The Kier molecular flexibility index (Phi) is 3.25. The molecule has 16 heavy (non-hydrogen) atoms. The van der Waals surface area contributed by atoms with Crippen molar-refractivity contribution in [3.63, 3.8) is 0 Å². The SMILES string of the molecule is NCC1(c2csc(Cl)c2)CCC(F)(F)CC1. The number of rotatable bonds is 2. The summed E-state index contributed by atoms with van der Waals surface area (Å²) in [7, 11) is 0. The van der Waals surface area contributed by atoms with E-state index in [1.165, 1.54) is 11.3 Å². The lowest BCUT2D eigenvalue weighted by atomic mass is 9.69. The van der Waals surface area contributed by atoms with Crippen LogP contribution in [0, 0.1) is 0 Å². The van der Waals surface area contributed by atoms with Gasteiger partial charge in [-0.3, -0.25) is 0 Å². The highest BCUT2D eigenvalue weighted by atomic mass is 35.5. The maximum Gasteiger partial charge on any atom is 0.248 e. The van der Waals surface area contributed by atoms with Gasteiger partial charge in [-0.1, -0.05) is 11.6 Å². The van der Waals surface area contributed by atoms with Crippen LogP contribution in [0.5, 0.6) is 0 Å². The van der Waals surface area contributed by atoms with E-state index in [-0.39, 0.29) is 18.3 Å². The molecular formula is C11H14ClF2NS. The summed E-state index contributed by atoms with van der Waals surface area (Å²) in [6.45, 7) is 0.413. The van der Waals surface area contributed by atoms with Crippen molar-refractivity contribution in [2.45, 2.75) is 37.0 Å². The van der Waals surface area contributed by atoms with Crippen molar-refractivity contribution in [1.82, 2.24) is 0 Å². The number of nitrogens with two attached hydrogens (primary N) is 1. The summed E-state index contributed by atoms with van der Waals surface area (Å²) in [6.07, 6.45) is 0.752. The quantitative estimate of drug-likeness (QED) is 0.865. The van der Waals surface area contributed by atoms with E-state index in [2.05, 4.69) is 0 Å². The lowest BCUT2D eigenvalue weighted by Gasteiger charge is -2.39. The minimum Gasteiger partial charge on any atom is -0.330 e. The number of hydrogen-bond donors (Lipinski definition) is 1. The molecule has 0 radical (unpaired) electrons. The molecule has 1 nitrogen and oxygen atoms in total. The summed E-state index contributed by atoms with van der Waals surface area (Å²) in [5, 5.41) is 1.94. The van der Waals surface area contributed by atoms with Crippen LogP contribution in [0.4, 0.5) is 8.78 Å². The minimum absolute atomic E-state index is 0.0718. The zero-order valence-electron chi connectivity index (χ0n) is 8.81. The van der Waals surface area contributed by atoms with Crippen LogP contribution in [0.1, 0.15) is 31.2 Å². The molecular weight excluding hydrogens is 252 g/mol. The normalized spacial score (nSPS) is 23.2. The van der Waals surface area contributed by atoms with Crippen molar-refractivity contribution < 1.29 is 8.78 Å². The molecule has 1 aromatic rings. The second kappa shape index (κ2) is 4.24. The van der Waals surface area contributed by atoms with Gasteiger partial charge in [0, 0.05) is 24.8 Å². The monoisotopic (exact) mass is 265 g/mol. The van der Waals surface area contributed by atoms with Crippen LogP contribution in [-0.2, 0) is 5.41 Å². The van der Waals surface area contributed by atoms with Gasteiger partial charge in [-0.25, -0.2) is 8.78 Å². The summed E-state index contributed by atoms with van der Waals surface area (Å²) >= 11 is 7.32. The molecule has 1 fully saturated rings. The van der Waals surface area contributed by atoms with E-state index in [4.69, 9.17) is 17.3 Å². The van der Waals surface area contributed by atoms with Gasteiger partial charge in [-0.05, 0) is 29.9 Å². The van der Waals surface area contributed by atoms with Gasteiger partial charge in [0.15, 0.2) is 0 Å². The highest BCUT2D eigenvalue weighted by Gasteiger charge is 2.43. The third kappa shape index (κ3) is 2.24. The van der Waals surface area contributed by atoms with E-state index in [0.29, 0.717) is 23.7 Å². The molecule has 1 aromatic heterocycles. The Morgan fingerprint density at radius 2 is 1.94 bits per heavy atom. The Labute approximate surface area is 103 Å². The molecule has 0 atom stereocenters. The summed E-state index contributed by atoms with van der Waals surface area (Å²) in [5.74, 6) is -2.52. The van der Waals surface area contributed by atoms with Gasteiger partial charge >= 0.3 is 0 Å². The van der Waals surface area contributed by atoms with E-state index in [0.717, 1.165) is 5.56 Å². The van der Waals surface area contributed by atoms with Gasteiger partial charge in [0.25, 0.3) is 0 Å². The molecule has 0 aromatic carbocycles. The molecule has 5 heteroatoms. The Morgan fingerprint density at radius 3 is 2.38 bits per heavy atom. The highest BCUT2D eigenvalue weighted by Crippen LogP contribution is 2.46. The fourth-order valence-corrected chi connectivity index (χ4v) is 3.30. The first-order chi connectivity index (χ1) is 7.47. The van der Waals surface area contributed by atoms with Gasteiger partial charge in [0.2, 0.25) is 5.92 Å². The molecule has 0 spiro atoms. The largest absolute Gasteiger partial charge is 0.330 e. The van der Waals surface area contributed by atoms with Crippen LogP contribution < -0.4 is 5.73 Å². The Morgan fingerprint density at radius 1 is 1.31 bits per heavy atom. The van der Waals surface area contributed by atoms with Crippen LogP contribution >= 0.6 is 22.9 Å². The van der Waals surface area contributed by atoms with Gasteiger partial charge in [-0.2, -0.15) is 0 Å². The van der Waals surface area contributed by atoms with E-state index in [9.17, 15) is 8.78 Å². The lowest BCUT2D eigenvalue weighted by molar-refractivity contribution is -0.0508. The van der Waals surface area contributed by atoms with Crippen molar-refractivity contribution >= 4 is 22.9 Å². The van der Waals surface area contributed by atoms with Crippen LogP contribution in [0.15, 0.2) is 11.4 Å². The summed E-state index contributed by atoms with van der Waals surface area (Å²) in [6, 6.07) is 1.86. The third-order valence-corrected chi connectivity index (χ3v) is 4.60. The zero-order chi connectivity index (χ0) is 11.8. The van der Waals surface area contributed by atoms with Crippen molar-refractivity contribution in [1.29, 1.82) is 0 Å². The molecule has 0 bridgehead atoms. The fourth-order valence-electron chi connectivity index (χ4n) is 2.29. The lowest BCUT2D eigenvalue weighted by Crippen LogP contribution is -2.41. The second-order valence-electron chi connectivity index (χ2n) is 4.48. The molecule has 0 aliphatic heterocycles. The minimum atomic E-state index is -2.52. The average molecular weight is 266 g/mol. The van der Waals surface area contributed by atoms with Crippen LogP contribution in [0.2, 0.25) is 4.34 Å². The number of hydrogen-bond acceptors (Lipinski definition) is 2. The van der Waals surface area contributed by atoms with Crippen LogP contribution in [-0.4, -0.2) is 12.5 Å². The smallest absolute Gasteiger partial charge is 0.248 e. The fraction of sp³-hybridized carbons (Fsp3) is 0.636. The van der Waals surface area contributed by atoms with Crippen LogP contribution in [0.25, 0.3) is 0 Å². The average Bonchev–Trinajstić information content (AvgIpc) is 2.66. The van der Waals surface area contributed by atoms with Crippen molar-refractivity contribution in [3.05, 3.63) is 21.3 Å². The van der Waals surface area contributed by atoms with E-state index in [1.54, 1.807) is 0 Å². The van der Waals surface area contributed by atoms with Crippen molar-refractivity contribution in [2.24, 2.45) is 5.73 Å². The number of thiophene rings is 1. The van der Waals surface area contributed by atoms with Gasteiger partial charge in [0.1, 0.15) is 0 Å². The maximum atomic E-state index is 13.1. The predicted octanol–water partition coefficient (Wildman–Crippen LogP) is 3.81. The first-order valence-electron chi connectivity index (χ1n) is 5.30. The molecule has 0 unspecified atom stereocenters. The maximum absolute atomic E-state index is 13.1.